The summed E-state index contributed by atoms with van der Waals surface area (Å²) in [5.41, 5.74) is 0.812. The second-order valence-electron chi connectivity index (χ2n) is 4.97. The van der Waals surface area contributed by atoms with Crippen LogP contribution < -0.4 is 4.74 Å². The van der Waals surface area contributed by atoms with Crippen LogP contribution in [0.15, 0.2) is 23.1 Å². The highest BCUT2D eigenvalue weighted by atomic mass is 32.2. The maximum Gasteiger partial charge on any atom is 0.242 e. The van der Waals surface area contributed by atoms with Crippen LogP contribution in [-0.2, 0) is 10.0 Å². The zero-order valence-corrected chi connectivity index (χ0v) is 13.8. The quantitative estimate of drug-likeness (QED) is 0.709. The van der Waals surface area contributed by atoms with Crippen LogP contribution in [0.25, 0.3) is 0 Å². The lowest BCUT2D eigenvalue weighted by atomic mass is 10.2. The third kappa shape index (κ3) is 4.98. The van der Waals surface area contributed by atoms with Crippen molar-refractivity contribution in [3.8, 4) is 5.75 Å². The molecule has 0 aromatic heterocycles. The van der Waals surface area contributed by atoms with Gasteiger partial charge in [0.05, 0.1) is 11.5 Å². The molecule has 5 nitrogen and oxygen atoms in total. The molecule has 0 heterocycles. The molecule has 0 spiro atoms. The summed E-state index contributed by atoms with van der Waals surface area (Å²) in [6.45, 7) is 4.89. The molecule has 0 fully saturated rings. The number of hydrogen-bond donors (Lipinski definition) is 1. The van der Waals surface area contributed by atoms with E-state index in [0.29, 0.717) is 25.3 Å². The predicted molar refractivity (Wildman–Crippen MR) is 83.1 cm³/mol. The first-order chi connectivity index (χ1) is 9.93. The molecule has 0 aliphatic heterocycles. The summed E-state index contributed by atoms with van der Waals surface area (Å²) in [6, 6.07) is 4.92. The van der Waals surface area contributed by atoms with Crippen LogP contribution in [-0.4, -0.2) is 44.6 Å². The molecule has 1 aromatic carbocycles. The van der Waals surface area contributed by atoms with Crippen molar-refractivity contribution in [2.45, 2.75) is 38.0 Å². The molecular weight excluding hydrogens is 290 g/mol. The number of hydrogen-bond acceptors (Lipinski definition) is 4. The van der Waals surface area contributed by atoms with Crippen LogP contribution in [0.1, 0.15) is 31.7 Å². The summed E-state index contributed by atoms with van der Waals surface area (Å²) < 4.78 is 31.7. The fourth-order valence-corrected chi connectivity index (χ4v) is 3.32. The van der Waals surface area contributed by atoms with Crippen molar-refractivity contribution in [3.05, 3.63) is 23.8 Å². The average molecular weight is 315 g/mol. The maximum absolute atomic E-state index is 12.5. The van der Waals surface area contributed by atoms with Gasteiger partial charge in [0.1, 0.15) is 5.75 Å². The predicted octanol–water partition coefficient (Wildman–Crippen LogP) is 2.18. The van der Waals surface area contributed by atoms with E-state index in [9.17, 15) is 8.42 Å². The Morgan fingerprint density at radius 3 is 2.52 bits per heavy atom. The van der Waals surface area contributed by atoms with Crippen molar-refractivity contribution in [3.63, 3.8) is 0 Å². The Hall–Kier alpha value is -1.11. The van der Waals surface area contributed by atoms with Gasteiger partial charge in [-0.15, -0.1) is 0 Å². The van der Waals surface area contributed by atoms with Crippen molar-refractivity contribution >= 4 is 10.0 Å². The molecule has 0 aliphatic carbocycles. The number of rotatable bonds is 9. The lowest BCUT2D eigenvalue weighted by Crippen LogP contribution is -2.28. The largest absolute Gasteiger partial charge is 0.494 e. The highest BCUT2D eigenvalue weighted by Crippen LogP contribution is 2.23. The van der Waals surface area contributed by atoms with Gasteiger partial charge in [0.25, 0.3) is 0 Å². The van der Waals surface area contributed by atoms with E-state index in [4.69, 9.17) is 9.84 Å². The normalized spacial score (nSPS) is 11.9. The number of sulfonamides is 1. The van der Waals surface area contributed by atoms with Gasteiger partial charge >= 0.3 is 0 Å². The molecule has 0 unspecified atom stereocenters. The standard InChI is InChI=1S/C15H25NO4S/c1-4-20-15-9-8-14(12-13(15)2)21(18,19)16(3)10-6-5-7-11-17/h8-9,12,17H,4-7,10-11H2,1-3H3. The number of aliphatic hydroxyl groups excluding tert-OH is 1. The Morgan fingerprint density at radius 1 is 1.24 bits per heavy atom. The molecule has 1 N–H and O–H groups in total. The lowest BCUT2D eigenvalue weighted by molar-refractivity contribution is 0.281. The monoisotopic (exact) mass is 315 g/mol. The highest BCUT2D eigenvalue weighted by molar-refractivity contribution is 7.89. The minimum atomic E-state index is -3.47. The van der Waals surface area contributed by atoms with Crippen molar-refractivity contribution in [1.29, 1.82) is 0 Å². The van der Waals surface area contributed by atoms with Crippen LogP contribution in [0.2, 0.25) is 0 Å². The molecule has 1 aromatic rings. The third-order valence-electron chi connectivity index (χ3n) is 3.29. The Labute approximate surface area is 127 Å². The number of benzene rings is 1. The first-order valence-corrected chi connectivity index (χ1v) is 8.68. The molecule has 0 saturated heterocycles. The second kappa shape index (κ2) is 8.36. The molecule has 6 heteroatoms. The number of aryl methyl sites for hydroxylation is 1. The van der Waals surface area contributed by atoms with E-state index in [1.54, 1.807) is 25.2 Å². The van der Waals surface area contributed by atoms with E-state index >= 15 is 0 Å². The van der Waals surface area contributed by atoms with E-state index in [1.807, 2.05) is 13.8 Å². The zero-order valence-electron chi connectivity index (χ0n) is 13.0. The maximum atomic E-state index is 12.5. The van der Waals surface area contributed by atoms with Gasteiger partial charge in [0.2, 0.25) is 10.0 Å². The van der Waals surface area contributed by atoms with Gasteiger partial charge in [0, 0.05) is 20.2 Å². The van der Waals surface area contributed by atoms with Crippen LogP contribution in [0, 0.1) is 6.92 Å². The summed E-state index contributed by atoms with van der Waals surface area (Å²) in [5.74, 6) is 0.710. The Kier molecular flexibility index (Phi) is 7.14. The fourth-order valence-electron chi connectivity index (χ4n) is 2.02. The van der Waals surface area contributed by atoms with E-state index in [2.05, 4.69) is 0 Å². The number of nitrogens with zero attached hydrogens (tertiary/aromatic N) is 1. The van der Waals surface area contributed by atoms with Crippen molar-refractivity contribution in [2.24, 2.45) is 0 Å². The number of ether oxygens (including phenoxy) is 1. The smallest absolute Gasteiger partial charge is 0.242 e. The Morgan fingerprint density at radius 2 is 1.95 bits per heavy atom. The molecule has 21 heavy (non-hydrogen) atoms. The lowest BCUT2D eigenvalue weighted by Gasteiger charge is -2.18. The Balaban J connectivity index is 2.79. The average Bonchev–Trinajstić information content (AvgIpc) is 2.45. The van der Waals surface area contributed by atoms with Gasteiger partial charge in [-0.25, -0.2) is 12.7 Å². The van der Waals surface area contributed by atoms with Crippen molar-refractivity contribution in [2.75, 3.05) is 26.8 Å². The van der Waals surface area contributed by atoms with Gasteiger partial charge in [-0.3, -0.25) is 0 Å². The van der Waals surface area contributed by atoms with Gasteiger partial charge < -0.3 is 9.84 Å². The molecule has 120 valence electrons. The van der Waals surface area contributed by atoms with Gasteiger partial charge in [-0.2, -0.15) is 0 Å². The summed E-state index contributed by atoms with van der Waals surface area (Å²) >= 11 is 0. The SMILES string of the molecule is CCOc1ccc(S(=O)(=O)N(C)CCCCCO)cc1C. The first kappa shape index (κ1) is 17.9. The topological polar surface area (TPSA) is 66.8 Å². The van der Waals surface area contributed by atoms with E-state index in [1.165, 1.54) is 4.31 Å². The number of aliphatic hydroxyl groups is 1. The molecule has 0 aliphatic rings. The van der Waals surface area contributed by atoms with Gasteiger partial charge in [-0.05, 0) is 56.9 Å². The van der Waals surface area contributed by atoms with Crippen LogP contribution in [0.3, 0.4) is 0 Å². The summed E-state index contributed by atoms with van der Waals surface area (Å²) in [7, 11) is -1.88. The summed E-state index contributed by atoms with van der Waals surface area (Å²) in [6.07, 6.45) is 2.26. The van der Waals surface area contributed by atoms with Gasteiger partial charge in [-0.1, -0.05) is 0 Å². The zero-order chi connectivity index (χ0) is 15.9. The first-order valence-electron chi connectivity index (χ1n) is 7.24. The van der Waals surface area contributed by atoms with E-state index in [-0.39, 0.29) is 11.5 Å². The molecule has 0 saturated carbocycles. The van der Waals surface area contributed by atoms with Gasteiger partial charge in [0.15, 0.2) is 0 Å². The summed E-state index contributed by atoms with van der Waals surface area (Å²) in [5, 5.41) is 8.73. The molecule has 1 rings (SSSR count). The third-order valence-corrected chi connectivity index (χ3v) is 5.14. The molecule has 0 atom stereocenters. The van der Waals surface area contributed by atoms with E-state index < -0.39 is 10.0 Å². The Bertz CT molecular complexity index is 543. The fraction of sp³-hybridized carbons (Fsp3) is 0.600. The molecule has 0 bridgehead atoms. The molecular formula is C15H25NO4S. The van der Waals surface area contributed by atoms with Crippen molar-refractivity contribution < 1.29 is 18.3 Å². The minimum absolute atomic E-state index is 0.147. The van der Waals surface area contributed by atoms with Crippen molar-refractivity contribution in [1.82, 2.24) is 4.31 Å². The molecule has 0 radical (unpaired) electrons. The summed E-state index contributed by atoms with van der Waals surface area (Å²) in [4.78, 5) is 0.285. The minimum Gasteiger partial charge on any atom is -0.494 e. The van der Waals surface area contributed by atoms with E-state index in [0.717, 1.165) is 18.4 Å². The van der Waals surface area contributed by atoms with Crippen LogP contribution in [0.4, 0.5) is 0 Å². The van der Waals surface area contributed by atoms with Crippen LogP contribution >= 0.6 is 0 Å². The highest BCUT2D eigenvalue weighted by Gasteiger charge is 2.21. The molecule has 0 amide bonds. The van der Waals surface area contributed by atoms with Crippen LogP contribution in [0.5, 0.6) is 5.75 Å². The number of unbranched alkanes of at least 4 members (excludes halogenated alkanes) is 2. The second-order valence-corrected chi connectivity index (χ2v) is 7.02.